The lowest BCUT2D eigenvalue weighted by Crippen LogP contribution is -3.12. The van der Waals surface area contributed by atoms with E-state index in [0.29, 0.717) is 6.54 Å². The fourth-order valence-electron chi connectivity index (χ4n) is 3.92. The highest BCUT2D eigenvalue weighted by atomic mass is 32.1. The van der Waals surface area contributed by atoms with Gasteiger partial charge in [0.05, 0.1) is 18.0 Å². The fourth-order valence-corrected chi connectivity index (χ4v) is 4.80. The van der Waals surface area contributed by atoms with Crippen LogP contribution < -0.4 is 10.2 Å². The molecule has 0 radical (unpaired) electrons. The zero-order chi connectivity index (χ0) is 18.6. The number of quaternary nitrogens is 1. The lowest BCUT2D eigenvalue weighted by molar-refractivity contribution is -0.945. The molecule has 2 heterocycles. The van der Waals surface area contributed by atoms with E-state index in [1.165, 1.54) is 20.9 Å². The van der Waals surface area contributed by atoms with E-state index >= 15 is 0 Å². The van der Waals surface area contributed by atoms with Crippen LogP contribution in [0, 0.1) is 6.92 Å². The predicted molar refractivity (Wildman–Crippen MR) is 110 cm³/mol. The topological polar surface area (TPSA) is 33.5 Å². The lowest BCUT2D eigenvalue weighted by Gasteiger charge is -2.32. The Labute approximate surface area is 164 Å². The molecule has 0 bridgehead atoms. The monoisotopic (exact) mass is 377 g/mol. The first-order valence-corrected chi connectivity index (χ1v) is 10.4. The average molecular weight is 378 g/mol. The highest BCUT2D eigenvalue weighted by Gasteiger charge is 2.29. The summed E-state index contributed by atoms with van der Waals surface area (Å²) < 4.78 is 0. The normalized spacial score (nSPS) is 17.1. The Balaban J connectivity index is 1.50. The van der Waals surface area contributed by atoms with Crippen LogP contribution in [-0.4, -0.2) is 19.0 Å². The van der Waals surface area contributed by atoms with Crippen molar-refractivity contribution in [1.29, 1.82) is 0 Å². The molecule has 3 nitrogen and oxygen atoms in total. The Kier molecular flexibility index (Phi) is 5.37. The molecule has 1 aliphatic rings. The van der Waals surface area contributed by atoms with Gasteiger partial charge in [-0.05, 0) is 36.1 Å². The molecule has 0 fully saturated rings. The van der Waals surface area contributed by atoms with Crippen LogP contribution in [0.3, 0.4) is 0 Å². The predicted octanol–water partition coefficient (Wildman–Crippen LogP) is 3.17. The molecule has 1 aliphatic heterocycles. The second kappa shape index (κ2) is 8.07. The van der Waals surface area contributed by atoms with E-state index < -0.39 is 0 Å². The summed E-state index contributed by atoms with van der Waals surface area (Å²) >= 11 is 1.78. The molecule has 1 unspecified atom stereocenters. The van der Waals surface area contributed by atoms with Crippen LogP contribution in [0.5, 0.6) is 0 Å². The summed E-state index contributed by atoms with van der Waals surface area (Å²) in [6, 6.07) is 21.1. The molecule has 2 aromatic carbocycles. The number of thiophene rings is 1. The summed E-state index contributed by atoms with van der Waals surface area (Å²) in [6.45, 7) is 4.78. The third kappa shape index (κ3) is 4.12. The molecule has 2 N–H and O–H groups in total. The van der Waals surface area contributed by atoms with E-state index in [4.69, 9.17) is 0 Å². The third-order valence-corrected chi connectivity index (χ3v) is 6.36. The number of hydrogen-bond donors (Lipinski definition) is 2. The number of amides is 1. The molecule has 0 saturated carbocycles. The number of carbonyl (C=O) groups is 1. The Hall–Kier alpha value is -2.43. The van der Waals surface area contributed by atoms with Gasteiger partial charge in [-0.3, -0.25) is 4.79 Å². The summed E-state index contributed by atoms with van der Waals surface area (Å²) in [5, 5.41) is 5.31. The van der Waals surface area contributed by atoms with E-state index in [1.807, 2.05) is 31.2 Å². The Morgan fingerprint density at radius 3 is 2.74 bits per heavy atom. The van der Waals surface area contributed by atoms with Gasteiger partial charge in [0.15, 0.2) is 0 Å². The third-order valence-electron chi connectivity index (χ3n) is 5.38. The standard InChI is InChI=1S/C23H24N2OS/c1-17-6-4-9-19(14-17)23(26)24-15-21(22-10-5-13-27-22)25-12-11-18-7-2-3-8-20(18)16-25/h2-10,13-14,21H,11-12,15-16H2,1H3,(H,24,26)/p+1/t21-/m0/s1. The molecule has 1 amide bonds. The molecular weight excluding hydrogens is 352 g/mol. The largest absolute Gasteiger partial charge is 0.346 e. The highest BCUT2D eigenvalue weighted by Crippen LogP contribution is 2.19. The first-order chi connectivity index (χ1) is 13.2. The van der Waals surface area contributed by atoms with E-state index in [2.05, 4.69) is 47.1 Å². The first kappa shape index (κ1) is 18.0. The molecule has 4 rings (SSSR count). The van der Waals surface area contributed by atoms with Crippen LogP contribution >= 0.6 is 11.3 Å². The molecular formula is C23H25N2OS+. The summed E-state index contributed by atoms with van der Waals surface area (Å²) in [5.74, 6) is 0.0112. The Morgan fingerprint density at radius 2 is 1.96 bits per heavy atom. The minimum Gasteiger partial charge on any atom is -0.346 e. The summed E-state index contributed by atoms with van der Waals surface area (Å²) in [7, 11) is 0. The Bertz CT molecular complexity index is 920. The smallest absolute Gasteiger partial charge is 0.251 e. The molecule has 138 valence electrons. The fraction of sp³-hybridized carbons (Fsp3) is 0.261. The van der Waals surface area contributed by atoms with Gasteiger partial charge in [0.25, 0.3) is 5.91 Å². The van der Waals surface area contributed by atoms with Gasteiger partial charge in [-0.1, -0.05) is 48.0 Å². The van der Waals surface area contributed by atoms with Crippen molar-refractivity contribution in [3.05, 3.63) is 93.2 Å². The van der Waals surface area contributed by atoms with Crippen LogP contribution in [0.15, 0.2) is 66.0 Å². The molecule has 0 spiro atoms. The van der Waals surface area contributed by atoms with Crippen LogP contribution in [0.2, 0.25) is 0 Å². The molecule has 2 atom stereocenters. The van der Waals surface area contributed by atoms with Crippen molar-refractivity contribution in [1.82, 2.24) is 5.32 Å². The summed E-state index contributed by atoms with van der Waals surface area (Å²) in [4.78, 5) is 15.5. The van der Waals surface area contributed by atoms with Crippen LogP contribution in [0.1, 0.15) is 38.0 Å². The van der Waals surface area contributed by atoms with Crippen LogP contribution in [-0.2, 0) is 13.0 Å². The van der Waals surface area contributed by atoms with Crippen molar-refractivity contribution >= 4 is 17.2 Å². The van der Waals surface area contributed by atoms with Gasteiger partial charge in [-0.2, -0.15) is 0 Å². The van der Waals surface area contributed by atoms with Gasteiger partial charge < -0.3 is 10.2 Å². The maximum atomic E-state index is 12.6. The van der Waals surface area contributed by atoms with Gasteiger partial charge >= 0.3 is 0 Å². The second-order valence-electron chi connectivity index (χ2n) is 7.25. The van der Waals surface area contributed by atoms with Gasteiger partial charge in [-0.15, -0.1) is 11.3 Å². The van der Waals surface area contributed by atoms with Gasteiger partial charge in [0.2, 0.25) is 0 Å². The van der Waals surface area contributed by atoms with Gasteiger partial charge in [0, 0.05) is 17.5 Å². The van der Waals surface area contributed by atoms with Crippen molar-refractivity contribution in [3.8, 4) is 0 Å². The molecule has 0 aliphatic carbocycles. The van der Waals surface area contributed by atoms with Crippen molar-refractivity contribution in [2.45, 2.75) is 25.9 Å². The minimum absolute atomic E-state index is 0.0112. The van der Waals surface area contributed by atoms with E-state index in [9.17, 15) is 4.79 Å². The van der Waals surface area contributed by atoms with Gasteiger partial charge in [0.1, 0.15) is 12.6 Å². The average Bonchev–Trinajstić information content (AvgIpc) is 3.22. The molecule has 0 saturated heterocycles. The summed E-state index contributed by atoms with van der Waals surface area (Å²) in [6.07, 6.45) is 1.10. The number of aryl methyl sites for hydroxylation is 1. The number of rotatable bonds is 5. The quantitative estimate of drug-likeness (QED) is 0.704. The van der Waals surface area contributed by atoms with Crippen LogP contribution in [0.25, 0.3) is 0 Å². The van der Waals surface area contributed by atoms with Crippen molar-refractivity contribution in [3.63, 3.8) is 0 Å². The zero-order valence-corrected chi connectivity index (χ0v) is 16.4. The number of nitrogens with one attached hydrogen (secondary N) is 2. The van der Waals surface area contributed by atoms with E-state index in [0.717, 1.165) is 30.6 Å². The van der Waals surface area contributed by atoms with E-state index in [1.54, 1.807) is 11.3 Å². The first-order valence-electron chi connectivity index (χ1n) is 9.50. The number of hydrogen-bond acceptors (Lipinski definition) is 2. The number of fused-ring (bicyclic) bond motifs is 1. The Morgan fingerprint density at radius 1 is 1.11 bits per heavy atom. The maximum Gasteiger partial charge on any atom is 0.251 e. The molecule has 1 aromatic heterocycles. The van der Waals surface area contributed by atoms with Crippen molar-refractivity contribution in [2.24, 2.45) is 0 Å². The summed E-state index contributed by atoms with van der Waals surface area (Å²) in [5.41, 5.74) is 4.75. The minimum atomic E-state index is 0.0112. The van der Waals surface area contributed by atoms with Gasteiger partial charge in [-0.25, -0.2) is 0 Å². The van der Waals surface area contributed by atoms with Crippen LogP contribution in [0.4, 0.5) is 0 Å². The maximum absolute atomic E-state index is 12.6. The number of benzene rings is 2. The SMILES string of the molecule is Cc1cccc(C(=O)NC[C@@H](c2cccs2)[NH+]2CCc3ccccc3C2)c1. The van der Waals surface area contributed by atoms with Crippen molar-refractivity contribution in [2.75, 3.05) is 13.1 Å². The highest BCUT2D eigenvalue weighted by molar-refractivity contribution is 7.10. The second-order valence-corrected chi connectivity index (χ2v) is 8.23. The van der Waals surface area contributed by atoms with Crippen molar-refractivity contribution < 1.29 is 9.69 Å². The molecule has 3 aromatic rings. The zero-order valence-electron chi connectivity index (χ0n) is 15.6. The van der Waals surface area contributed by atoms with E-state index in [-0.39, 0.29) is 11.9 Å². The molecule has 4 heteroatoms. The lowest BCUT2D eigenvalue weighted by atomic mass is 9.98. The molecule has 27 heavy (non-hydrogen) atoms. The number of carbonyl (C=O) groups excluding carboxylic acids is 1.